The van der Waals surface area contributed by atoms with Gasteiger partial charge in [-0.05, 0) is 0 Å². The Morgan fingerprint density at radius 2 is 2.50 bits per heavy atom. The Morgan fingerprint density at radius 1 is 1.70 bits per heavy atom. The van der Waals surface area contributed by atoms with Crippen LogP contribution in [0.1, 0.15) is 0 Å². The van der Waals surface area contributed by atoms with Gasteiger partial charge in [0, 0.05) is 6.20 Å². The molecule has 0 spiro atoms. The van der Waals surface area contributed by atoms with Crippen LogP contribution in [0.5, 0.6) is 0 Å². The molecule has 5 nitrogen and oxygen atoms in total. The van der Waals surface area contributed by atoms with Crippen LogP contribution >= 0.6 is 0 Å². The SMILES string of the molecule is O=S(O)CCn1ccnn1. The molecule has 1 aromatic heterocycles. The van der Waals surface area contributed by atoms with Crippen molar-refractivity contribution in [2.24, 2.45) is 0 Å². The van der Waals surface area contributed by atoms with Gasteiger partial charge >= 0.3 is 0 Å². The van der Waals surface area contributed by atoms with Crippen LogP contribution in [0.3, 0.4) is 0 Å². The largest absolute Gasteiger partial charge is 0.306 e. The molecular weight excluding hydrogens is 154 g/mol. The highest BCUT2D eigenvalue weighted by atomic mass is 32.2. The number of rotatable bonds is 3. The van der Waals surface area contributed by atoms with Gasteiger partial charge in [0.15, 0.2) is 11.1 Å². The molecule has 0 bridgehead atoms. The lowest BCUT2D eigenvalue weighted by atomic mass is 10.7. The van der Waals surface area contributed by atoms with Crippen molar-refractivity contribution >= 4 is 11.1 Å². The fourth-order valence-corrected chi connectivity index (χ4v) is 0.867. The summed E-state index contributed by atoms with van der Waals surface area (Å²) in [4.78, 5) is 0. The van der Waals surface area contributed by atoms with Gasteiger partial charge in [-0.3, -0.25) is 4.68 Å². The van der Waals surface area contributed by atoms with Crippen molar-refractivity contribution in [2.75, 3.05) is 5.75 Å². The van der Waals surface area contributed by atoms with Gasteiger partial charge in [-0.25, -0.2) is 4.21 Å². The van der Waals surface area contributed by atoms with E-state index in [4.69, 9.17) is 4.55 Å². The second-order valence-corrected chi connectivity index (χ2v) is 2.74. The van der Waals surface area contributed by atoms with E-state index in [0.29, 0.717) is 6.54 Å². The summed E-state index contributed by atoms with van der Waals surface area (Å²) in [5, 5.41) is 7.14. The number of hydrogen-bond acceptors (Lipinski definition) is 3. The quantitative estimate of drug-likeness (QED) is 0.607. The van der Waals surface area contributed by atoms with Crippen molar-refractivity contribution < 1.29 is 8.76 Å². The zero-order valence-electron chi connectivity index (χ0n) is 5.17. The number of nitrogens with zero attached hydrogens (tertiary/aromatic N) is 3. The third-order valence-corrected chi connectivity index (χ3v) is 1.50. The van der Waals surface area contributed by atoms with E-state index in [1.54, 1.807) is 6.20 Å². The van der Waals surface area contributed by atoms with E-state index < -0.39 is 11.1 Å². The van der Waals surface area contributed by atoms with Crippen molar-refractivity contribution in [1.29, 1.82) is 0 Å². The lowest BCUT2D eigenvalue weighted by molar-refractivity contribution is 0.548. The van der Waals surface area contributed by atoms with Gasteiger partial charge < -0.3 is 4.55 Å². The highest BCUT2D eigenvalue weighted by Crippen LogP contribution is 1.82. The van der Waals surface area contributed by atoms with Crippen LogP contribution < -0.4 is 0 Å². The molecule has 0 aliphatic heterocycles. The maximum atomic E-state index is 10.1. The Balaban J connectivity index is 2.35. The Bertz CT molecular complexity index is 210. The molecule has 0 saturated carbocycles. The molecule has 6 heteroatoms. The topological polar surface area (TPSA) is 68.0 Å². The molecule has 1 N–H and O–H groups in total. The van der Waals surface area contributed by atoms with Crippen molar-refractivity contribution in [3.8, 4) is 0 Å². The van der Waals surface area contributed by atoms with Crippen molar-refractivity contribution in [3.63, 3.8) is 0 Å². The fourth-order valence-electron chi connectivity index (χ4n) is 0.524. The molecule has 1 heterocycles. The van der Waals surface area contributed by atoms with E-state index in [1.807, 2.05) is 0 Å². The van der Waals surface area contributed by atoms with Crippen LogP contribution in [0.4, 0.5) is 0 Å². The summed E-state index contributed by atoms with van der Waals surface area (Å²) in [6.45, 7) is 0.434. The number of aryl methyl sites for hydroxylation is 1. The Labute approximate surface area is 60.3 Å². The van der Waals surface area contributed by atoms with Crippen LogP contribution in [0.2, 0.25) is 0 Å². The van der Waals surface area contributed by atoms with Gasteiger partial charge in [0.25, 0.3) is 0 Å². The van der Waals surface area contributed by atoms with Gasteiger partial charge in [-0.2, -0.15) is 0 Å². The van der Waals surface area contributed by atoms with Crippen LogP contribution in [-0.2, 0) is 17.6 Å². The second-order valence-electron chi connectivity index (χ2n) is 1.69. The molecule has 0 aliphatic rings. The van der Waals surface area contributed by atoms with E-state index >= 15 is 0 Å². The average Bonchev–Trinajstić information content (AvgIpc) is 2.34. The summed E-state index contributed by atoms with van der Waals surface area (Å²) in [7, 11) is 0. The van der Waals surface area contributed by atoms with E-state index in [0.717, 1.165) is 0 Å². The minimum Gasteiger partial charge on any atom is -0.306 e. The molecule has 1 aromatic rings. The summed E-state index contributed by atoms with van der Waals surface area (Å²) >= 11 is -1.74. The minimum atomic E-state index is -1.74. The van der Waals surface area contributed by atoms with Gasteiger partial charge in [0.2, 0.25) is 0 Å². The lowest BCUT2D eigenvalue weighted by Crippen LogP contribution is -2.07. The summed E-state index contributed by atoms with van der Waals surface area (Å²) in [5.41, 5.74) is 0. The molecule has 0 aliphatic carbocycles. The summed E-state index contributed by atoms with van der Waals surface area (Å²) < 4.78 is 20.0. The minimum absolute atomic E-state index is 0.198. The van der Waals surface area contributed by atoms with Crippen LogP contribution in [0.25, 0.3) is 0 Å². The molecular formula is C4H7N3O2S. The molecule has 0 fully saturated rings. The van der Waals surface area contributed by atoms with Gasteiger partial charge in [-0.15, -0.1) is 5.10 Å². The first-order valence-corrected chi connectivity index (χ1v) is 3.98. The van der Waals surface area contributed by atoms with E-state index in [1.165, 1.54) is 10.9 Å². The third kappa shape index (κ3) is 2.24. The van der Waals surface area contributed by atoms with Crippen LogP contribution in [-0.4, -0.2) is 29.5 Å². The van der Waals surface area contributed by atoms with Crippen LogP contribution in [0, 0.1) is 0 Å². The van der Waals surface area contributed by atoms with Gasteiger partial charge in [0.05, 0.1) is 18.5 Å². The maximum Gasteiger partial charge on any atom is 0.154 e. The summed E-state index contributed by atoms with van der Waals surface area (Å²) in [6, 6.07) is 0. The van der Waals surface area contributed by atoms with E-state index in [2.05, 4.69) is 10.3 Å². The molecule has 0 aromatic carbocycles. The smallest absolute Gasteiger partial charge is 0.154 e. The summed E-state index contributed by atoms with van der Waals surface area (Å²) in [5.74, 6) is 0.198. The first-order valence-electron chi connectivity index (χ1n) is 2.70. The van der Waals surface area contributed by atoms with Gasteiger partial charge in [-0.1, -0.05) is 5.21 Å². The van der Waals surface area contributed by atoms with Crippen molar-refractivity contribution in [2.45, 2.75) is 6.54 Å². The standard InChI is InChI=1S/C4H7N3O2S/c8-10(9)4-3-7-2-1-5-6-7/h1-2H,3-4H2,(H,8,9). The molecule has 0 radical (unpaired) electrons. The molecule has 1 unspecified atom stereocenters. The van der Waals surface area contributed by atoms with E-state index in [-0.39, 0.29) is 5.75 Å². The fraction of sp³-hybridized carbons (Fsp3) is 0.500. The second kappa shape index (κ2) is 3.43. The maximum absolute atomic E-state index is 10.1. The predicted molar refractivity (Wildman–Crippen MR) is 35.7 cm³/mol. The van der Waals surface area contributed by atoms with Crippen molar-refractivity contribution in [1.82, 2.24) is 15.0 Å². The Hall–Kier alpha value is -0.750. The van der Waals surface area contributed by atoms with Crippen LogP contribution in [0.15, 0.2) is 12.4 Å². The molecule has 0 amide bonds. The summed E-state index contributed by atoms with van der Waals surface area (Å²) in [6.07, 6.45) is 3.17. The zero-order valence-corrected chi connectivity index (χ0v) is 5.99. The number of aromatic nitrogens is 3. The molecule has 1 rings (SSSR count). The highest BCUT2D eigenvalue weighted by molar-refractivity contribution is 7.79. The third-order valence-electron chi connectivity index (χ3n) is 0.967. The van der Waals surface area contributed by atoms with Crippen molar-refractivity contribution in [3.05, 3.63) is 12.4 Å². The average molecular weight is 161 g/mol. The highest BCUT2D eigenvalue weighted by Gasteiger charge is 1.94. The number of hydrogen-bond donors (Lipinski definition) is 1. The Morgan fingerprint density at radius 3 is 3.00 bits per heavy atom. The zero-order chi connectivity index (χ0) is 7.40. The van der Waals surface area contributed by atoms with Gasteiger partial charge in [0.1, 0.15) is 0 Å². The molecule has 56 valence electrons. The van der Waals surface area contributed by atoms with E-state index in [9.17, 15) is 4.21 Å². The Kier molecular flexibility index (Phi) is 2.52. The lowest BCUT2D eigenvalue weighted by Gasteiger charge is -1.93. The first-order chi connectivity index (χ1) is 4.79. The normalized spacial score (nSPS) is 13.3. The first kappa shape index (κ1) is 7.36. The molecule has 10 heavy (non-hydrogen) atoms. The molecule has 1 atom stereocenters. The molecule has 0 saturated heterocycles. The predicted octanol–water partition coefficient (Wildman–Crippen LogP) is -0.500. The monoisotopic (exact) mass is 161 g/mol.